The molecule has 0 aliphatic heterocycles. The van der Waals surface area contributed by atoms with Gasteiger partial charge in [0.05, 0.1) is 11.1 Å². The fourth-order valence-electron chi connectivity index (χ4n) is 3.42. The van der Waals surface area contributed by atoms with Crippen LogP contribution in [0.3, 0.4) is 0 Å². The van der Waals surface area contributed by atoms with Crippen LogP contribution in [-0.4, -0.2) is 20.7 Å². The van der Waals surface area contributed by atoms with Crippen molar-refractivity contribution in [3.05, 3.63) is 77.3 Å². The average molecular weight is 367 g/mol. The third-order valence-electron chi connectivity index (χ3n) is 5.09. The van der Waals surface area contributed by atoms with Gasteiger partial charge >= 0.3 is 0 Å². The van der Waals surface area contributed by atoms with Crippen LogP contribution in [-0.2, 0) is 16.8 Å². The molecule has 6 heteroatoms. The summed E-state index contributed by atoms with van der Waals surface area (Å²) in [4.78, 5) is 16.9. The summed E-state index contributed by atoms with van der Waals surface area (Å²) in [6.07, 6.45) is 5.95. The maximum absolute atomic E-state index is 12.9. The Bertz CT molecular complexity index is 902. The number of carbonyl (C=O) groups is 1. The van der Waals surface area contributed by atoms with Crippen LogP contribution < -0.4 is 5.32 Å². The van der Waals surface area contributed by atoms with Crippen LogP contribution in [0, 0.1) is 0 Å². The number of amides is 1. The number of benzene rings is 2. The van der Waals surface area contributed by atoms with Crippen molar-refractivity contribution in [2.75, 3.05) is 0 Å². The van der Waals surface area contributed by atoms with Crippen molar-refractivity contribution in [2.45, 2.75) is 31.2 Å². The Kier molecular flexibility index (Phi) is 4.47. The number of hydrogen-bond acceptors (Lipinski definition) is 3. The lowest BCUT2D eigenvalue weighted by molar-refractivity contribution is -0.130. The highest BCUT2D eigenvalue weighted by Crippen LogP contribution is 2.44. The highest BCUT2D eigenvalue weighted by atomic mass is 35.5. The van der Waals surface area contributed by atoms with Gasteiger partial charge in [-0.2, -0.15) is 5.10 Å². The molecule has 0 unspecified atom stereocenters. The fraction of sp³-hybridized carbons (Fsp3) is 0.250. The van der Waals surface area contributed by atoms with E-state index in [2.05, 4.69) is 15.4 Å². The molecule has 2 aromatic carbocycles. The standard InChI is InChI=1S/C20H19ClN4O/c21-17-4-1-3-16(11-17)20(9-2-10-20)19(26)23-12-15-5-7-18(8-6-15)25-14-22-13-24-25/h1,3-8,11,13-14H,2,9-10,12H2,(H,23,26). The summed E-state index contributed by atoms with van der Waals surface area (Å²) in [7, 11) is 0. The number of nitrogens with one attached hydrogen (secondary N) is 1. The summed E-state index contributed by atoms with van der Waals surface area (Å²) < 4.78 is 1.70. The normalized spacial score (nSPS) is 15.3. The van der Waals surface area contributed by atoms with E-state index in [4.69, 9.17) is 11.6 Å². The molecular weight excluding hydrogens is 348 g/mol. The number of aromatic nitrogens is 3. The van der Waals surface area contributed by atoms with Crippen molar-refractivity contribution in [1.82, 2.24) is 20.1 Å². The van der Waals surface area contributed by atoms with E-state index in [1.165, 1.54) is 6.33 Å². The number of halogens is 1. The second-order valence-electron chi connectivity index (χ2n) is 6.64. The summed E-state index contributed by atoms with van der Waals surface area (Å²) >= 11 is 6.12. The molecule has 132 valence electrons. The maximum Gasteiger partial charge on any atom is 0.230 e. The molecule has 0 bridgehead atoms. The molecule has 1 saturated carbocycles. The van der Waals surface area contributed by atoms with Crippen molar-refractivity contribution in [1.29, 1.82) is 0 Å². The average Bonchev–Trinajstić information content (AvgIpc) is 3.14. The lowest BCUT2D eigenvalue weighted by Gasteiger charge is -2.40. The Morgan fingerprint density at radius 1 is 1.19 bits per heavy atom. The Labute approximate surface area is 157 Å². The summed E-state index contributed by atoms with van der Waals surface area (Å²) in [6.45, 7) is 0.499. The van der Waals surface area contributed by atoms with Crippen LogP contribution in [0.4, 0.5) is 0 Å². The molecule has 1 amide bonds. The van der Waals surface area contributed by atoms with Gasteiger partial charge in [-0.15, -0.1) is 0 Å². The number of carbonyl (C=O) groups excluding carboxylic acids is 1. The van der Waals surface area contributed by atoms with Gasteiger partial charge in [-0.25, -0.2) is 9.67 Å². The Balaban J connectivity index is 1.44. The van der Waals surface area contributed by atoms with Crippen molar-refractivity contribution in [3.8, 4) is 5.69 Å². The molecule has 5 nitrogen and oxygen atoms in total. The van der Waals surface area contributed by atoms with E-state index in [0.29, 0.717) is 11.6 Å². The minimum absolute atomic E-state index is 0.0753. The fourth-order valence-corrected chi connectivity index (χ4v) is 3.61. The zero-order valence-corrected chi connectivity index (χ0v) is 15.0. The summed E-state index contributed by atoms with van der Waals surface area (Å²) in [5.41, 5.74) is 2.55. The lowest BCUT2D eigenvalue weighted by atomic mass is 9.64. The number of hydrogen-bond donors (Lipinski definition) is 1. The number of nitrogens with zero attached hydrogens (tertiary/aromatic N) is 3. The first kappa shape index (κ1) is 16.8. The van der Waals surface area contributed by atoms with Gasteiger partial charge in [0, 0.05) is 11.6 Å². The second-order valence-corrected chi connectivity index (χ2v) is 7.07. The van der Waals surface area contributed by atoms with Gasteiger partial charge in [0.1, 0.15) is 12.7 Å². The molecule has 0 saturated heterocycles. The van der Waals surface area contributed by atoms with E-state index >= 15 is 0 Å². The SMILES string of the molecule is O=C(NCc1ccc(-n2cncn2)cc1)C1(c2cccc(Cl)c2)CCC1. The van der Waals surface area contributed by atoms with Crippen molar-refractivity contribution < 1.29 is 4.79 Å². The van der Waals surface area contributed by atoms with Crippen LogP contribution in [0.2, 0.25) is 5.02 Å². The highest BCUT2D eigenvalue weighted by Gasteiger charge is 2.45. The van der Waals surface area contributed by atoms with Gasteiger partial charge in [0.15, 0.2) is 0 Å². The van der Waals surface area contributed by atoms with Gasteiger partial charge in [-0.1, -0.05) is 42.3 Å². The minimum atomic E-state index is -0.439. The van der Waals surface area contributed by atoms with Gasteiger partial charge < -0.3 is 5.32 Å². The number of rotatable bonds is 5. The molecule has 0 spiro atoms. The van der Waals surface area contributed by atoms with E-state index < -0.39 is 5.41 Å². The highest BCUT2D eigenvalue weighted by molar-refractivity contribution is 6.30. The molecule has 0 atom stereocenters. The van der Waals surface area contributed by atoms with Gasteiger partial charge in [0.25, 0.3) is 0 Å². The molecule has 1 heterocycles. The van der Waals surface area contributed by atoms with Crippen molar-refractivity contribution in [2.24, 2.45) is 0 Å². The smallest absolute Gasteiger partial charge is 0.230 e. The first-order valence-corrected chi connectivity index (χ1v) is 9.03. The minimum Gasteiger partial charge on any atom is -0.351 e. The molecule has 3 aromatic rings. The van der Waals surface area contributed by atoms with Crippen LogP contribution in [0.5, 0.6) is 0 Å². The third-order valence-corrected chi connectivity index (χ3v) is 5.33. The van der Waals surface area contributed by atoms with Crippen LogP contribution in [0.15, 0.2) is 61.2 Å². The Hall–Kier alpha value is -2.66. The van der Waals surface area contributed by atoms with Crippen LogP contribution in [0.1, 0.15) is 30.4 Å². The predicted octanol–water partition coefficient (Wildman–Crippen LogP) is 3.66. The van der Waals surface area contributed by atoms with Crippen molar-refractivity contribution in [3.63, 3.8) is 0 Å². The van der Waals surface area contributed by atoms with Crippen LogP contribution in [0.25, 0.3) is 5.69 Å². The Morgan fingerprint density at radius 3 is 2.62 bits per heavy atom. The first-order chi connectivity index (χ1) is 12.7. The second kappa shape index (κ2) is 6.92. The lowest BCUT2D eigenvalue weighted by Crippen LogP contribution is -2.49. The topological polar surface area (TPSA) is 59.8 Å². The monoisotopic (exact) mass is 366 g/mol. The molecule has 4 rings (SSSR count). The molecule has 1 aliphatic rings. The molecule has 1 N–H and O–H groups in total. The van der Waals surface area contributed by atoms with E-state index in [1.54, 1.807) is 11.0 Å². The maximum atomic E-state index is 12.9. The summed E-state index contributed by atoms with van der Waals surface area (Å²) in [6, 6.07) is 15.6. The quantitative estimate of drug-likeness (QED) is 0.749. The van der Waals surface area contributed by atoms with E-state index in [1.807, 2.05) is 48.5 Å². The van der Waals surface area contributed by atoms with E-state index in [9.17, 15) is 4.79 Å². The first-order valence-electron chi connectivity index (χ1n) is 8.66. The Morgan fingerprint density at radius 2 is 2.00 bits per heavy atom. The van der Waals surface area contributed by atoms with Gasteiger partial charge in [-0.05, 0) is 48.2 Å². The summed E-state index contributed by atoms with van der Waals surface area (Å²) in [5.74, 6) is 0.0753. The predicted molar refractivity (Wildman–Crippen MR) is 100 cm³/mol. The molecule has 1 aromatic heterocycles. The zero-order chi connectivity index (χ0) is 18.0. The van der Waals surface area contributed by atoms with E-state index in [-0.39, 0.29) is 5.91 Å². The third kappa shape index (κ3) is 3.10. The molecule has 1 aliphatic carbocycles. The summed E-state index contributed by atoms with van der Waals surface area (Å²) in [5, 5.41) is 7.88. The molecule has 1 fully saturated rings. The molecular formula is C20H19ClN4O. The van der Waals surface area contributed by atoms with Gasteiger partial charge in [-0.3, -0.25) is 4.79 Å². The van der Waals surface area contributed by atoms with Crippen LogP contribution >= 0.6 is 11.6 Å². The largest absolute Gasteiger partial charge is 0.351 e. The van der Waals surface area contributed by atoms with E-state index in [0.717, 1.165) is 36.1 Å². The zero-order valence-electron chi connectivity index (χ0n) is 14.2. The molecule has 0 radical (unpaired) electrons. The molecule has 26 heavy (non-hydrogen) atoms. The van der Waals surface area contributed by atoms with Crippen molar-refractivity contribution >= 4 is 17.5 Å². The van der Waals surface area contributed by atoms with Gasteiger partial charge in [0.2, 0.25) is 5.91 Å².